The van der Waals surface area contributed by atoms with Gasteiger partial charge < -0.3 is 5.32 Å². The summed E-state index contributed by atoms with van der Waals surface area (Å²) in [7, 11) is 0. The first-order valence-electron chi connectivity index (χ1n) is 7.36. The third kappa shape index (κ3) is 5.78. The molecule has 2 aromatic carbocycles. The molecule has 0 aliphatic rings. The second-order valence-electron chi connectivity index (χ2n) is 5.07. The molecule has 0 saturated heterocycles. The Balaban J connectivity index is 2.06. The van der Waals surface area contributed by atoms with Crippen molar-refractivity contribution in [3.63, 3.8) is 0 Å². The van der Waals surface area contributed by atoms with E-state index in [-0.39, 0.29) is 5.70 Å². The zero-order valence-electron chi connectivity index (χ0n) is 13.4. The van der Waals surface area contributed by atoms with Crippen LogP contribution in [0.5, 0.6) is 0 Å². The monoisotopic (exact) mass is 357 g/mol. The van der Waals surface area contributed by atoms with Crippen molar-refractivity contribution in [3.8, 4) is 0 Å². The number of benzene rings is 2. The number of carbonyl (C=O) groups is 3. The Morgan fingerprint density at radius 1 is 0.920 bits per heavy atom. The van der Waals surface area contributed by atoms with Gasteiger partial charge in [0.2, 0.25) is 5.91 Å². The Bertz CT molecular complexity index is 802. The maximum absolute atomic E-state index is 12.2. The molecule has 0 aliphatic carbocycles. The molecule has 7 heteroatoms. The fourth-order valence-corrected chi connectivity index (χ4v) is 2.04. The van der Waals surface area contributed by atoms with E-state index in [0.29, 0.717) is 10.6 Å². The highest BCUT2D eigenvalue weighted by Crippen LogP contribution is 2.09. The minimum Gasteiger partial charge on any atom is -0.322 e. The number of halogens is 1. The lowest BCUT2D eigenvalue weighted by atomic mass is 10.2. The Morgan fingerprint density at radius 3 is 2.16 bits per heavy atom. The quantitative estimate of drug-likeness (QED) is 0.579. The fraction of sp³-hybridized carbons (Fsp3) is 0.0556. The molecule has 0 bridgehead atoms. The zero-order valence-corrected chi connectivity index (χ0v) is 14.1. The van der Waals surface area contributed by atoms with Crippen molar-refractivity contribution < 1.29 is 14.4 Å². The topological polar surface area (TPSA) is 87.3 Å². The Morgan fingerprint density at radius 2 is 1.56 bits per heavy atom. The van der Waals surface area contributed by atoms with Gasteiger partial charge in [-0.15, -0.1) is 0 Å². The van der Waals surface area contributed by atoms with E-state index >= 15 is 0 Å². The lowest BCUT2D eigenvalue weighted by molar-refractivity contribution is -0.122. The molecule has 0 aromatic heterocycles. The third-order valence-corrected chi connectivity index (χ3v) is 3.31. The van der Waals surface area contributed by atoms with Crippen molar-refractivity contribution in [2.75, 3.05) is 0 Å². The van der Waals surface area contributed by atoms with Crippen LogP contribution in [0.25, 0.3) is 6.08 Å². The van der Waals surface area contributed by atoms with Crippen LogP contribution in [-0.4, -0.2) is 17.7 Å². The van der Waals surface area contributed by atoms with Crippen molar-refractivity contribution >= 4 is 35.4 Å². The molecule has 6 nitrogen and oxygen atoms in total. The number of amides is 3. The molecule has 128 valence electrons. The van der Waals surface area contributed by atoms with Gasteiger partial charge >= 0.3 is 0 Å². The van der Waals surface area contributed by atoms with Crippen LogP contribution in [0.15, 0.2) is 60.3 Å². The molecule has 25 heavy (non-hydrogen) atoms. The molecular formula is C18H16ClN3O3. The minimum absolute atomic E-state index is 0.00936. The van der Waals surface area contributed by atoms with E-state index in [1.54, 1.807) is 36.4 Å². The van der Waals surface area contributed by atoms with Crippen LogP contribution < -0.4 is 16.2 Å². The summed E-state index contributed by atoms with van der Waals surface area (Å²) in [5.74, 6) is -1.56. The number of hydrazine groups is 1. The summed E-state index contributed by atoms with van der Waals surface area (Å²) < 4.78 is 0. The fourth-order valence-electron chi connectivity index (χ4n) is 1.92. The van der Waals surface area contributed by atoms with Gasteiger partial charge in [-0.2, -0.15) is 0 Å². The smallest absolute Gasteiger partial charge is 0.286 e. The van der Waals surface area contributed by atoms with Gasteiger partial charge in [-0.05, 0) is 35.9 Å². The average molecular weight is 358 g/mol. The van der Waals surface area contributed by atoms with Crippen LogP contribution in [-0.2, 0) is 9.59 Å². The van der Waals surface area contributed by atoms with E-state index in [1.807, 2.05) is 6.07 Å². The molecule has 3 amide bonds. The van der Waals surface area contributed by atoms with Crippen LogP contribution in [0, 0.1) is 0 Å². The zero-order chi connectivity index (χ0) is 18.2. The van der Waals surface area contributed by atoms with Gasteiger partial charge in [0.25, 0.3) is 11.8 Å². The molecule has 0 atom stereocenters. The molecule has 0 unspecified atom stereocenters. The highest BCUT2D eigenvalue weighted by molar-refractivity contribution is 6.30. The summed E-state index contributed by atoms with van der Waals surface area (Å²) in [6.45, 7) is 1.29. The van der Waals surface area contributed by atoms with Gasteiger partial charge in [0, 0.05) is 17.5 Å². The molecule has 0 radical (unpaired) electrons. The molecule has 2 rings (SSSR count). The Hall–Kier alpha value is -3.12. The van der Waals surface area contributed by atoms with Gasteiger partial charge in [0.05, 0.1) is 0 Å². The Labute approximate surface area is 149 Å². The first kappa shape index (κ1) is 18.2. The van der Waals surface area contributed by atoms with Gasteiger partial charge in [0.1, 0.15) is 5.70 Å². The summed E-state index contributed by atoms with van der Waals surface area (Å²) in [5.41, 5.74) is 5.62. The second-order valence-corrected chi connectivity index (χ2v) is 5.50. The Kier molecular flexibility index (Phi) is 6.31. The van der Waals surface area contributed by atoms with Gasteiger partial charge in [-0.1, -0.05) is 41.9 Å². The number of rotatable bonds is 4. The summed E-state index contributed by atoms with van der Waals surface area (Å²) in [4.78, 5) is 35.5. The second kappa shape index (κ2) is 8.65. The molecule has 0 saturated carbocycles. The van der Waals surface area contributed by atoms with Crippen molar-refractivity contribution in [2.45, 2.75) is 6.92 Å². The molecule has 2 aromatic rings. The van der Waals surface area contributed by atoms with Crippen molar-refractivity contribution in [2.24, 2.45) is 0 Å². The van der Waals surface area contributed by atoms with E-state index < -0.39 is 17.7 Å². The molecule has 0 heterocycles. The maximum Gasteiger partial charge on any atom is 0.286 e. The van der Waals surface area contributed by atoms with Crippen molar-refractivity contribution in [3.05, 3.63) is 76.4 Å². The highest BCUT2D eigenvalue weighted by Gasteiger charge is 2.13. The molecule has 0 fully saturated rings. The number of hydrogen-bond donors (Lipinski definition) is 3. The van der Waals surface area contributed by atoms with E-state index in [9.17, 15) is 14.4 Å². The number of carbonyl (C=O) groups excluding carboxylic acids is 3. The molecular weight excluding hydrogens is 342 g/mol. The van der Waals surface area contributed by atoms with Gasteiger partial charge in [-0.3, -0.25) is 25.2 Å². The predicted molar refractivity (Wildman–Crippen MR) is 95.3 cm³/mol. The average Bonchev–Trinajstić information content (AvgIpc) is 2.60. The third-order valence-electron chi connectivity index (χ3n) is 3.06. The first-order chi connectivity index (χ1) is 12.0. The number of hydrogen-bond acceptors (Lipinski definition) is 3. The van der Waals surface area contributed by atoms with Crippen LogP contribution in [0.2, 0.25) is 5.02 Å². The van der Waals surface area contributed by atoms with E-state index in [2.05, 4.69) is 16.2 Å². The predicted octanol–water partition coefficient (Wildman–Crippen LogP) is 2.28. The highest BCUT2D eigenvalue weighted by atomic mass is 35.5. The molecule has 0 spiro atoms. The van der Waals surface area contributed by atoms with Gasteiger partial charge in [-0.25, -0.2) is 0 Å². The molecule has 3 N–H and O–H groups in total. The maximum atomic E-state index is 12.2. The van der Waals surface area contributed by atoms with Crippen LogP contribution in [0.3, 0.4) is 0 Å². The van der Waals surface area contributed by atoms with E-state index in [4.69, 9.17) is 11.6 Å². The summed E-state index contributed by atoms with van der Waals surface area (Å²) >= 11 is 5.76. The van der Waals surface area contributed by atoms with E-state index in [1.165, 1.54) is 25.1 Å². The summed E-state index contributed by atoms with van der Waals surface area (Å²) in [5, 5.41) is 2.94. The van der Waals surface area contributed by atoms with E-state index in [0.717, 1.165) is 5.56 Å². The lowest BCUT2D eigenvalue weighted by Gasteiger charge is -2.11. The van der Waals surface area contributed by atoms with Crippen molar-refractivity contribution in [1.82, 2.24) is 16.2 Å². The standard InChI is InChI=1S/C18H16ClN3O3/c1-12(23)20-16(11-13-5-3-2-4-6-13)18(25)22-21-17(24)14-7-9-15(19)10-8-14/h2-11H,1H3,(H,20,23)(H,21,24)(H,22,25)/b16-11-. The van der Waals surface area contributed by atoms with Crippen LogP contribution in [0.4, 0.5) is 0 Å². The van der Waals surface area contributed by atoms with Gasteiger partial charge in [0.15, 0.2) is 0 Å². The minimum atomic E-state index is -0.652. The largest absolute Gasteiger partial charge is 0.322 e. The van der Waals surface area contributed by atoms with Crippen molar-refractivity contribution in [1.29, 1.82) is 0 Å². The van der Waals surface area contributed by atoms with Crippen LogP contribution >= 0.6 is 11.6 Å². The summed E-state index contributed by atoms with van der Waals surface area (Å²) in [6.07, 6.45) is 1.51. The van der Waals surface area contributed by atoms with Crippen LogP contribution in [0.1, 0.15) is 22.8 Å². The lowest BCUT2D eigenvalue weighted by Crippen LogP contribution is -2.44. The summed E-state index contributed by atoms with van der Waals surface area (Å²) in [6, 6.07) is 15.2. The number of nitrogens with one attached hydrogen (secondary N) is 3. The SMILES string of the molecule is CC(=O)N/C(=C\c1ccccc1)C(=O)NNC(=O)c1ccc(Cl)cc1. The molecule has 0 aliphatic heterocycles. The first-order valence-corrected chi connectivity index (χ1v) is 7.74. The normalized spacial score (nSPS) is 10.7.